The van der Waals surface area contributed by atoms with E-state index in [1.165, 1.54) is 0 Å². The van der Waals surface area contributed by atoms with Crippen LogP contribution >= 0.6 is 0 Å². The zero-order chi connectivity index (χ0) is 17.4. The molecule has 1 atom stereocenters. The predicted molar refractivity (Wildman–Crippen MR) is 96.7 cm³/mol. The molecule has 3 heterocycles. The highest BCUT2D eigenvalue weighted by molar-refractivity contribution is 6.05. The molecule has 1 unspecified atom stereocenters. The first-order valence-corrected chi connectivity index (χ1v) is 8.65. The summed E-state index contributed by atoms with van der Waals surface area (Å²) >= 11 is 0. The quantitative estimate of drug-likeness (QED) is 0.793. The molecule has 1 amide bonds. The third kappa shape index (κ3) is 2.93. The number of nitrogens with one attached hydrogen (secondary N) is 1. The van der Waals surface area contributed by atoms with Crippen molar-refractivity contribution in [1.29, 1.82) is 0 Å². The number of anilines is 1. The molecule has 1 fully saturated rings. The van der Waals surface area contributed by atoms with Crippen molar-refractivity contribution in [1.82, 2.24) is 14.3 Å². The Kier molecular flexibility index (Phi) is 4.05. The lowest BCUT2D eigenvalue weighted by Crippen LogP contribution is -2.19. The summed E-state index contributed by atoms with van der Waals surface area (Å²) in [5.74, 6) is -0.0996. The Labute approximate surface area is 146 Å². The molecule has 3 aromatic rings. The topological polar surface area (TPSA) is 61.1 Å². The summed E-state index contributed by atoms with van der Waals surface area (Å²) < 4.78 is 9.72. The van der Waals surface area contributed by atoms with E-state index in [0.29, 0.717) is 5.56 Å². The van der Waals surface area contributed by atoms with Crippen LogP contribution in [0.4, 0.5) is 5.69 Å². The lowest BCUT2D eigenvalue weighted by Gasteiger charge is -2.23. The third-order valence-corrected chi connectivity index (χ3v) is 4.91. The van der Waals surface area contributed by atoms with Gasteiger partial charge in [-0.2, -0.15) is 5.10 Å². The van der Waals surface area contributed by atoms with Crippen LogP contribution in [0.5, 0.6) is 0 Å². The van der Waals surface area contributed by atoms with E-state index >= 15 is 0 Å². The molecule has 25 heavy (non-hydrogen) atoms. The van der Waals surface area contributed by atoms with Crippen LogP contribution in [0.3, 0.4) is 0 Å². The Hall–Kier alpha value is -2.60. The zero-order valence-corrected chi connectivity index (χ0v) is 14.5. The Morgan fingerprint density at radius 1 is 1.32 bits per heavy atom. The van der Waals surface area contributed by atoms with Gasteiger partial charge < -0.3 is 14.6 Å². The van der Waals surface area contributed by atoms with Gasteiger partial charge in [-0.05, 0) is 50.5 Å². The van der Waals surface area contributed by atoms with E-state index in [-0.39, 0.29) is 12.1 Å². The average Bonchev–Trinajstić information content (AvgIpc) is 3.19. The SMILES string of the molecule is Cc1c(C(=O)Nc2ccc3cnn(C4CCCCO4)c3c2)ccn1C. The van der Waals surface area contributed by atoms with Crippen LogP contribution in [0.15, 0.2) is 36.7 Å². The van der Waals surface area contributed by atoms with E-state index in [0.717, 1.165) is 48.2 Å². The largest absolute Gasteiger partial charge is 0.356 e. The molecule has 1 aromatic carbocycles. The van der Waals surface area contributed by atoms with Gasteiger partial charge in [0.25, 0.3) is 5.91 Å². The first kappa shape index (κ1) is 15.9. The van der Waals surface area contributed by atoms with Crippen LogP contribution in [0.25, 0.3) is 10.9 Å². The van der Waals surface area contributed by atoms with Crippen LogP contribution in [0.2, 0.25) is 0 Å². The highest BCUT2D eigenvalue weighted by Gasteiger charge is 2.19. The molecule has 4 rings (SSSR count). The zero-order valence-electron chi connectivity index (χ0n) is 14.5. The summed E-state index contributed by atoms with van der Waals surface area (Å²) in [6.07, 6.45) is 6.94. The molecule has 6 nitrogen and oxygen atoms in total. The van der Waals surface area contributed by atoms with Crippen molar-refractivity contribution in [3.8, 4) is 0 Å². The maximum Gasteiger partial charge on any atom is 0.257 e. The lowest BCUT2D eigenvalue weighted by atomic mass is 10.1. The Bertz CT molecular complexity index is 919. The minimum atomic E-state index is -0.0996. The van der Waals surface area contributed by atoms with E-state index < -0.39 is 0 Å². The number of aryl methyl sites for hydroxylation is 1. The van der Waals surface area contributed by atoms with Crippen LogP contribution in [-0.4, -0.2) is 26.9 Å². The summed E-state index contributed by atoms with van der Waals surface area (Å²) in [4.78, 5) is 12.5. The molecule has 1 saturated heterocycles. The number of carbonyl (C=O) groups excluding carboxylic acids is 1. The van der Waals surface area contributed by atoms with Gasteiger partial charge in [-0.15, -0.1) is 0 Å². The molecule has 0 bridgehead atoms. The number of ether oxygens (including phenoxy) is 1. The Morgan fingerprint density at radius 2 is 2.20 bits per heavy atom. The molecule has 0 aliphatic carbocycles. The lowest BCUT2D eigenvalue weighted by molar-refractivity contribution is -0.0366. The summed E-state index contributed by atoms with van der Waals surface area (Å²) in [7, 11) is 1.93. The molecule has 1 aliphatic rings. The van der Waals surface area contributed by atoms with Gasteiger partial charge in [0.2, 0.25) is 0 Å². The smallest absolute Gasteiger partial charge is 0.257 e. The number of fused-ring (bicyclic) bond motifs is 1. The molecule has 6 heteroatoms. The summed E-state index contributed by atoms with van der Waals surface area (Å²) in [6, 6.07) is 7.70. The number of nitrogens with zero attached hydrogens (tertiary/aromatic N) is 3. The van der Waals surface area contributed by atoms with Crippen molar-refractivity contribution in [2.24, 2.45) is 7.05 Å². The van der Waals surface area contributed by atoms with E-state index in [2.05, 4.69) is 10.4 Å². The van der Waals surface area contributed by atoms with E-state index in [1.54, 1.807) is 0 Å². The first-order chi connectivity index (χ1) is 12.1. The van der Waals surface area contributed by atoms with Gasteiger partial charge in [0.05, 0.1) is 17.3 Å². The maximum absolute atomic E-state index is 12.5. The summed E-state index contributed by atoms with van der Waals surface area (Å²) in [5.41, 5.74) is 3.37. The summed E-state index contributed by atoms with van der Waals surface area (Å²) in [6.45, 7) is 2.71. The molecular weight excluding hydrogens is 316 g/mol. The molecule has 0 saturated carbocycles. The highest BCUT2D eigenvalue weighted by atomic mass is 16.5. The molecule has 1 N–H and O–H groups in total. The fourth-order valence-corrected chi connectivity index (χ4v) is 3.31. The van der Waals surface area contributed by atoms with Gasteiger partial charge in [-0.25, -0.2) is 4.68 Å². The van der Waals surface area contributed by atoms with Crippen LogP contribution in [0.1, 0.15) is 41.5 Å². The molecular formula is C19H22N4O2. The second-order valence-electron chi connectivity index (χ2n) is 6.56. The van der Waals surface area contributed by atoms with E-state index in [9.17, 15) is 4.79 Å². The molecule has 2 aromatic heterocycles. The van der Waals surface area contributed by atoms with Crippen molar-refractivity contribution in [2.45, 2.75) is 32.4 Å². The number of benzene rings is 1. The fraction of sp³-hybridized carbons (Fsp3) is 0.368. The number of amides is 1. The normalized spacial score (nSPS) is 17.8. The third-order valence-electron chi connectivity index (χ3n) is 4.91. The van der Waals surface area contributed by atoms with Crippen molar-refractivity contribution in [2.75, 3.05) is 11.9 Å². The maximum atomic E-state index is 12.5. The monoisotopic (exact) mass is 338 g/mol. The van der Waals surface area contributed by atoms with E-state index in [1.807, 2.05) is 59.9 Å². The number of rotatable bonds is 3. The van der Waals surface area contributed by atoms with Gasteiger partial charge in [0.15, 0.2) is 6.23 Å². The van der Waals surface area contributed by atoms with E-state index in [4.69, 9.17) is 4.74 Å². The van der Waals surface area contributed by atoms with Gasteiger partial charge in [0.1, 0.15) is 0 Å². The van der Waals surface area contributed by atoms with Gasteiger partial charge in [-0.1, -0.05) is 0 Å². The average molecular weight is 338 g/mol. The van der Waals surface area contributed by atoms with Crippen LogP contribution in [-0.2, 0) is 11.8 Å². The van der Waals surface area contributed by atoms with Crippen molar-refractivity contribution < 1.29 is 9.53 Å². The second-order valence-corrected chi connectivity index (χ2v) is 6.56. The molecule has 0 radical (unpaired) electrons. The molecule has 130 valence electrons. The predicted octanol–water partition coefficient (Wildman–Crippen LogP) is 3.63. The molecule has 1 aliphatic heterocycles. The number of hydrogen-bond donors (Lipinski definition) is 1. The van der Waals surface area contributed by atoms with Crippen LogP contribution < -0.4 is 5.32 Å². The van der Waals surface area contributed by atoms with Crippen molar-refractivity contribution in [3.63, 3.8) is 0 Å². The second kappa shape index (κ2) is 6.37. The van der Waals surface area contributed by atoms with Crippen LogP contribution in [0, 0.1) is 6.92 Å². The number of hydrogen-bond acceptors (Lipinski definition) is 3. The Morgan fingerprint density at radius 3 is 2.92 bits per heavy atom. The van der Waals surface area contributed by atoms with Gasteiger partial charge >= 0.3 is 0 Å². The number of aromatic nitrogens is 3. The van der Waals surface area contributed by atoms with Crippen molar-refractivity contribution in [3.05, 3.63) is 47.9 Å². The number of carbonyl (C=O) groups is 1. The minimum Gasteiger partial charge on any atom is -0.356 e. The summed E-state index contributed by atoms with van der Waals surface area (Å²) in [5, 5.41) is 8.53. The first-order valence-electron chi connectivity index (χ1n) is 8.65. The van der Waals surface area contributed by atoms with Gasteiger partial charge in [-0.3, -0.25) is 4.79 Å². The molecule has 0 spiro atoms. The standard InChI is InChI=1S/C19H22N4O2/c1-13-16(8-9-22(13)2)19(24)21-15-7-6-14-12-20-23(17(14)11-15)18-5-3-4-10-25-18/h6-9,11-12,18H,3-5,10H2,1-2H3,(H,21,24). The Balaban J connectivity index is 1.62. The van der Waals surface area contributed by atoms with Crippen molar-refractivity contribution >= 4 is 22.5 Å². The highest BCUT2D eigenvalue weighted by Crippen LogP contribution is 2.28. The van der Waals surface area contributed by atoms with Gasteiger partial charge in [0, 0.05) is 36.6 Å². The fourth-order valence-electron chi connectivity index (χ4n) is 3.31. The minimum absolute atomic E-state index is 0.0198.